The number of benzene rings is 2. The van der Waals surface area contributed by atoms with Crippen LogP contribution in [-0.4, -0.2) is 26.0 Å². The van der Waals surface area contributed by atoms with E-state index in [2.05, 4.69) is 5.32 Å². The molecule has 2 aromatic rings. The number of ether oxygens (including phenoxy) is 2. The van der Waals surface area contributed by atoms with Crippen LogP contribution in [0.15, 0.2) is 42.5 Å². The summed E-state index contributed by atoms with van der Waals surface area (Å²) in [6.07, 6.45) is 0. The number of hydrogen-bond acceptors (Lipinski definition) is 4. The first-order chi connectivity index (χ1) is 10.5. The predicted molar refractivity (Wildman–Crippen MR) is 82.5 cm³/mol. The second-order valence-corrected chi connectivity index (χ2v) is 4.47. The minimum Gasteiger partial charge on any atom is -0.493 e. The molecule has 22 heavy (non-hydrogen) atoms. The van der Waals surface area contributed by atoms with Gasteiger partial charge < -0.3 is 20.5 Å². The van der Waals surface area contributed by atoms with Crippen molar-refractivity contribution >= 4 is 17.5 Å². The van der Waals surface area contributed by atoms with Gasteiger partial charge in [-0.15, -0.1) is 0 Å². The molecule has 0 saturated carbocycles. The SMILES string of the molecule is COc1ccc(C(=O)Nc2cccc(C(N)=O)c2)cc1OC. The van der Waals surface area contributed by atoms with Crippen molar-refractivity contribution in [2.75, 3.05) is 19.5 Å². The van der Waals surface area contributed by atoms with Crippen molar-refractivity contribution in [2.45, 2.75) is 0 Å². The molecule has 0 radical (unpaired) electrons. The first-order valence-corrected chi connectivity index (χ1v) is 6.48. The van der Waals surface area contributed by atoms with Gasteiger partial charge >= 0.3 is 0 Å². The maximum Gasteiger partial charge on any atom is 0.255 e. The fourth-order valence-corrected chi connectivity index (χ4v) is 1.93. The lowest BCUT2D eigenvalue weighted by atomic mass is 10.1. The molecule has 0 aliphatic heterocycles. The Kier molecular flexibility index (Phi) is 4.63. The molecule has 0 unspecified atom stereocenters. The first-order valence-electron chi connectivity index (χ1n) is 6.48. The fourth-order valence-electron chi connectivity index (χ4n) is 1.93. The van der Waals surface area contributed by atoms with Crippen molar-refractivity contribution in [3.8, 4) is 11.5 Å². The molecule has 114 valence electrons. The van der Waals surface area contributed by atoms with Gasteiger partial charge in [0.2, 0.25) is 5.91 Å². The number of hydrogen-bond donors (Lipinski definition) is 2. The summed E-state index contributed by atoms with van der Waals surface area (Å²) < 4.78 is 10.3. The highest BCUT2D eigenvalue weighted by Gasteiger charge is 2.11. The van der Waals surface area contributed by atoms with Gasteiger partial charge in [-0.25, -0.2) is 0 Å². The van der Waals surface area contributed by atoms with Gasteiger partial charge in [-0.05, 0) is 36.4 Å². The number of rotatable bonds is 5. The number of carbonyl (C=O) groups excluding carboxylic acids is 2. The van der Waals surface area contributed by atoms with Gasteiger partial charge in [0.25, 0.3) is 5.91 Å². The summed E-state index contributed by atoms with van der Waals surface area (Å²) in [4.78, 5) is 23.4. The monoisotopic (exact) mass is 300 g/mol. The van der Waals surface area contributed by atoms with Gasteiger partial charge in [-0.1, -0.05) is 6.07 Å². The van der Waals surface area contributed by atoms with E-state index < -0.39 is 5.91 Å². The molecule has 2 rings (SSSR count). The van der Waals surface area contributed by atoms with E-state index in [1.54, 1.807) is 36.4 Å². The highest BCUT2D eigenvalue weighted by Crippen LogP contribution is 2.27. The van der Waals surface area contributed by atoms with Crippen molar-refractivity contribution in [3.05, 3.63) is 53.6 Å². The Morgan fingerprint density at radius 3 is 2.32 bits per heavy atom. The van der Waals surface area contributed by atoms with Crippen LogP contribution in [0.2, 0.25) is 0 Å². The summed E-state index contributed by atoms with van der Waals surface area (Å²) >= 11 is 0. The standard InChI is InChI=1S/C16H16N2O4/c1-21-13-7-6-11(9-14(13)22-2)16(20)18-12-5-3-4-10(8-12)15(17)19/h3-9H,1-2H3,(H2,17,19)(H,18,20). The summed E-state index contributed by atoms with van der Waals surface area (Å²) in [6.45, 7) is 0. The summed E-state index contributed by atoms with van der Waals surface area (Å²) in [7, 11) is 3.02. The van der Waals surface area contributed by atoms with Crippen molar-refractivity contribution in [2.24, 2.45) is 5.73 Å². The summed E-state index contributed by atoms with van der Waals surface area (Å²) in [6, 6.07) is 11.2. The van der Waals surface area contributed by atoms with Crippen LogP contribution < -0.4 is 20.5 Å². The van der Waals surface area contributed by atoms with E-state index in [1.165, 1.54) is 20.3 Å². The molecule has 0 heterocycles. The maximum atomic E-state index is 12.2. The zero-order valence-corrected chi connectivity index (χ0v) is 12.3. The van der Waals surface area contributed by atoms with Crippen LogP contribution >= 0.6 is 0 Å². The molecule has 0 aliphatic rings. The molecule has 0 spiro atoms. The minimum atomic E-state index is -0.554. The van der Waals surface area contributed by atoms with Crippen LogP contribution in [0.25, 0.3) is 0 Å². The molecule has 2 aromatic carbocycles. The third-order valence-electron chi connectivity index (χ3n) is 3.05. The zero-order chi connectivity index (χ0) is 16.1. The second kappa shape index (κ2) is 6.62. The Labute approximate surface area is 127 Å². The Balaban J connectivity index is 2.22. The van der Waals surface area contributed by atoms with Crippen LogP contribution in [-0.2, 0) is 0 Å². The number of nitrogens with two attached hydrogens (primary N) is 1. The molecule has 0 atom stereocenters. The molecule has 3 N–H and O–H groups in total. The molecule has 0 fully saturated rings. The molecule has 0 bridgehead atoms. The number of amides is 2. The quantitative estimate of drug-likeness (QED) is 0.884. The highest BCUT2D eigenvalue weighted by atomic mass is 16.5. The van der Waals surface area contributed by atoms with Gasteiger partial charge in [0.15, 0.2) is 11.5 Å². The van der Waals surface area contributed by atoms with Crippen molar-refractivity contribution < 1.29 is 19.1 Å². The Morgan fingerprint density at radius 2 is 1.68 bits per heavy atom. The van der Waals surface area contributed by atoms with Crippen LogP contribution in [0.5, 0.6) is 11.5 Å². The Hall–Kier alpha value is -3.02. The number of nitrogens with one attached hydrogen (secondary N) is 1. The first kappa shape index (κ1) is 15.4. The minimum absolute atomic E-state index is 0.324. The molecule has 0 aromatic heterocycles. The number of anilines is 1. The molecule has 2 amide bonds. The van der Waals surface area contributed by atoms with Crippen molar-refractivity contribution in [3.63, 3.8) is 0 Å². The average molecular weight is 300 g/mol. The summed E-state index contributed by atoms with van der Waals surface area (Å²) in [5.74, 6) is 0.112. The number of primary amides is 1. The molecule has 0 saturated heterocycles. The Bertz CT molecular complexity index is 713. The van der Waals surface area contributed by atoms with Gasteiger partial charge in [0.05, 0.1) is 14.2 Å². The van der Waals surface area contributed by atoms with Crippen LogP contribution in [0, 0.1) is 0 Å². The van der Waals surface area contributed by atoms with Crippen LogP contribution in [0.1, 0.15) is 20.7 Å². The van der Waals surface area contributed by atoms with Gasteiger partial charge in [0, 0.05) is 16.8 Å². The average Bonchev–Trinajstić information content (AvgIpc) is 2.54. The highest BCUT2D eigenvalue weighted by molar-refractivity contribution is 6.05. The van der Waals surface area contributed by atoms with E-state index in [0.717, 1.165) is 0 Å². The molecule has 6 nitrogen and oxygen atoms in total. The zero-order valence-electron chi connectivity index (χ0n) is 12.3. The van der Waals surface area contributed by atoms with Crippen LogP contribution in [0.3, 0.4) is 0 Å². The molecular weight excluding hydrogens is 284 g/mol. The molecule has 0 aliphatic carbocycles. The van der Waals surface area contributed by atoms with E-state index in [1.807, 2.05) is 0 Å². The van der Waals surface area contributed by atoms with Gasteiger partial charge in [-0.2, -0.15) is 0 Å². The van der Waals surface area contributed by atoms with Gasteiger partial charge in [0.1, 0.15) is 0 Å². The van der Waals surface area contributed by atoms with E-state index in [0.29, 0.717) is 28.3 Å². The predicted octanol–water partition coefficient (Wildman–Crippen LogP) is 2.05. The lowest BCUT2D eigenvalue weighted by Gasteiger charge is -2.10. The van der Waals surface area contributed by atoms with Crippen LogP contribution in [0.4, 0.5) is 5.69 Å². The summed E-state index contributed by atoms with van der Waals surface area (Å²) in [5.41, 5.74) is 6.42. The van der Waals surface area contributed by atoms with Crippen molar-refractivity contribution in [1.29, 1.82) is 0 Å². The largest absolute Gasteiger partial charge is 0.493 e. The van der Waals surface area contributed by atoms with E-state index in [9.17, 15) is 9.59 Å². The van der Waals surface area contributed by atoms with Gasteiger partial charge in [-0.3, -0.25) is 9.59 Å². The number of carbonyl (C=O) groups is 2. The maximum absolute atomic E-state index is 12.2. The van der Waals surface area contributed by atoms with Crippen molar-refractivity contribution in [1.82, 2.24) is 0 Å². The number of methoxy groups -OCH3 is 2. The second-order valence-electron chi connectivity index (χ2n) is 4.47. The van der Waals surface area contributed by atoms with E-state index in [-0.39, 0.29) is 5.91 Å². The molecular formula is C16H16N2O4. The Morgan fingerprint density at radius 1 is 0.955 bits per heavy atom. The summed E-state index contributed by atoms with van der Waals surface area (Å²) in [5, 5.41) is 2.70. The lowest BCUT2D eigenvalue weighted by molar-refractivity contribution is 0.0996. The third-order valence-corrected chi connectivity index (χ3v) is 3.05. The third kappa shape index (κ3) is 3.35. The fraction of sp³-hybridized carbons (Fsp3) is 0.125. The topological polar surface area (TPSA) is 90.6 Å². The van der Waals surface area contributed by atoms with E-state index >= 15 is 0 Å². The smallest absolute Gasteiger partial charge is 0.255 e. The lowest BCUT2D eigenvalue weighted by Crippen LogP contribution is -2.14. The normalized spacial score (nSPS) is 9.91. The van der Waals surface area contributed by atoms with E-state index in [4.69, 9.17) is 15.2 Å². The molecule has 6 heteroatoms.